The zero-order valence-electron chi connectivity index (χ0n) is 4.42. The second-order valence-electron chi connectivity index (χ2n) is 0.883. The smallest absolute Gasteiger partial charge is 0.434 e. The van der Waals surface area contributed by atoms with Crippen molar-refractivity contribution in [1.29, 1.82) is 0 Å². The van der Waals surface area contributed by atoms with E-state index in [1.807, 2.05) is 0 Å². The Morgan fingerprint density at radius 3 is 2.75 bits per heavy atom. The van der Waals surface area contributed by atoms with Gasteiger partial charge in [0, 0.05) is 0 Å². The van der Waals surface area contributed by atoms with Gasteiger partial charge in [0.15, 0.2) is 0 Å². The zero-order chi connectivity index (χ0) is 6.41. The van der Waals surface area contributed by atoms with Crippen molar-refractivity contribution in [1.82, 2.24) is 0 Å². The first-order chi connectivity index (χ1) is 3.81. The predicted octanol–water partition coefficient (Wildman–Crippen LogP) is 1.12. The van der Waals surface area contributed by atoms with Gasteiger partial charge in [-0.1, -0.05) is 6.58 Å². The van der Waals surface area contributed by atoms with Crippen LogP contribution in [-0.2, 0) is 9.47 Å². The summed E-state index contributed by atoms with van der Waals surface area (Å²) in [6, 6.07) is 0. The molecule has 0 saturated heterocycles. The van der Waals surface area contributed by atoms with Crippen molar-refractivity contribution in [2.75, 3.05) is 6.61 Å². The van der Waals surface area contributed by atoms with E-state index in [1.54, 1.807) is 0 Å². The van der Waals surface area contributed by atoms with Crippen LogP contribution in [0.15, 0.2) is 12.8 Å². The second kappa shape index (κ2) is 4.18. The molecule has 0 amide bonds. The van der Waals surface area contributed by atoms with Gasteiger partial charge in [0.25, 0.3) is 0 Å². The normalized spacial score (nSPS) is 7.62. The Hall–Kier alpha value is -0.990. The summed E-state index contributed by atoms with van der Waals surface area (Å²) in [4.78, 5) is 10.1. The molecular formula is C5H7O3. The van der Waals surface area contributed by atoms with Gasteiger partial charge in [-0.3, -0.25) is 0 Å². The summed E-state index contributed by atoms with van der Waals surface area (Å²) >= 11 is 0. The monoisotopic (exact) mass is 115 g/mol. The third-order valence-electron chi connectivity index (χ3n) is 0.399. The highest BCUT2D eigenvalue weighted by Crippen LogP contribution is 1.82. The lowest BCUT2D eigenvalue weighted by Crippen LogP contribution is -2.01. The van der Waals surface area contributed by atoms with E-state index in [0.29, 0.717) is 0 Å². The Labute approximate surface area is 47.9 Å². The zero-order valence-corrected chi connectivity index (χ0v) is 4.42. The molecule has 0 unspecified atom stereocenters. The van der Waals surface area contributed by atoms with Crippen LogP contribution in [-0.4, -0.2) is 12.8 Å². The number of carbonyl (C=O) groups is 1. The first-order valence-corrected chi connectivity index (χ1v) is 2.04. The van der Waals surface area contributed by atoms with E-state index in [-0.39, 0.29) is 6.61 Å². The summed E-state index contributed by atoms with van der Waals surface area (Å²) in [6.45, 7) is 6.47. The van der Waals surface area contributed by atoms with E-state index in [4.69, 9.17) is 0 Å². The summed E-state index contributed by atoms with van der Waals surface area (Å²) in [5.41, 5.74) is 0. The van der Waals surface area contributed by atoms with Crippen LogP contribution in [0.1, 0.15) is 0 Å². The molecule has 0 bridgehead atoms. The molecule has 0 aromatic rings. The Morgan fingerprint density at radius 1 is 1.75 bits per heavy atom. The number of rotatable bonds is 2. The first kappa shape index (κ1) is 7.01. The Balaban J connectivity index is 3.18. The second-order valence-corrected chi connectivity index (χ2v) is 0.883. The third kappa shape index (κ3) is 3.21. The van der Waals surface area contributed by atoms with E-state index in [9.17, 15) is 4.79 Å². The van der Waals surface area contributed by atoms with E-state index in [0.717, 1.165) is 6.26 Å². The van der Waals surface area contributed by atoms with Gasteiger partial charge < -0.3 is 9.47 Å². The van der Waals surface area contributed by atoms with Crippen LogP contribution in [0.3, 0.4) is 0 Å². The van der Waals surface area contributed by atoms with Gasteiger partial charge in [-0.25, -0.2) is 4.79 Å². The Kier molecular flexibility index (Phi) is 3.66. The molecule has 0 aromatic heterocycles. The molecular weight excluding hydrogens is 108 g/mol. The molecule has 0 aliphatic carbocycles. The molecule has 3 nitrogen and oxygen atoms in total. The maximum Gasteiger partial charge on any atom is 0.513 e. The maximum absolute atomic E-state index is 10.1. The predicted molar refractivity (Wildman–Crippen MR) is 28.0 cm³/mol. The van der Waals surface area contributed by atoms with Gasteiger partial charge >= 0.3 is 6.16 Å². The average molecular weight is 115 g/mol. The van der Waals surface area contributed by atoms with Crippen molar-refractivity contribution in [3.8, 4) is 0 Å². The lowest BCUT2D eigenvalue weighted by molar-refractivity contribution is 0.0942. The van der Waals surface area contributed by atoms with Crippen LogP contribution in [0.2, 0.25) is 0 Å². The molecule has 0 fully saturated rings. The van der Waals surface area contributed by atoms with Crippen molar-refractivity contribution >= 4 is 6.16 Å². The number of hydrogen-bond donors (Lipinski definition) is 0. The molecule has 0 spiro atoms. The standard InChI is InChI=1S/C5H7O3/c1-3-7-5(6)8-4-2/h3H,1-2,4H2. The average Bonchev–Trinajstić information content (AvgIpc) is 1.68. The van der Waals surface area contributed by atoms with Gasteiger partial charge in [0.2, 0.25) is 0 Å². The molecule has 8 heavy (non-hydrogen) atoms. The van der Waals surface area contributed by atoms with Crippen LogP contribution < -0.4 is 0 Å². The van der Waals surface area contributed by atoms with Crippen molar-refractivity contribution in [3.05, 3.63) is 19.8 Å². The van der Waals surface area contributed by atoms with Crippen molar-refractivity contribution < 1.29 is 14.3 Å². The van der Waals surface area contributed by atoms with Gasteiger partial charge in [0.1, 0.15) is 0 Å². The fourth-order valence-electron chi connectivity index (χ4n) is 0.185. The Morgan fingerprint density at radius 2 is 2.38 bits per heavy atom. The number of carbonyl (C=O) groups excluding carboxylic acids is 1. The maximum atomic E-state index is 10.1. The van der Waals surface area contributed by atoms with Crippen LogP contribution in [0.5, 0.6) is 0 Å². The van der Waals surface area contributed by atoms with Crippen LogP contribution in [0, 0.1) is 6.92 Å². The fourth-order valence-corrected chi connectivity index (χ4v) is 0.185. The molecule has 0 aliphatic rings. The Bertz CT molecular complexity index is 87.7. The summed E-state index contributed by atoms with van der Waals surface area (Å²) in [5, 5.41) is 0. The summed E-state index contributed by atoms with van der Waals surface area (Å²) in [6.07, 6.45) is 0.229. The van der Waals surface area contributed by atoms with E-state index < -0.39 is 6.16 Å². The molecule has 0 heterocycles. The molecule has 3 heteroatoms. The molecule has 1 radical (unpaired) electrons. The van der Waals surface area contributed by atoms with E-state index >= 15 is 0 Å². The molecule has 0 saturated carbocycles. The van der Waals surface area contributed by atoms with Gasteiger partial charge in [-0.15, -0.1) is 0 Å². The van der Waals surface area contributed by atoms with E-state index in [1.165, 1.54) is 0 Å². The van der Waals surface area contributed by atoms with Crippen molar-refractivity contribution in [2.45, 2.75) is 0 Å². The summed E-state index contributed by atoms with van der Waals surface area (Å²) < 4.78 is 8.38. The van der Waals surface area contributed by atoms with Crippen LogP contribution in [0.25, 0.3) is 0 Å². The molecule has 0 N–H and O–H groups in total. The largest absolute Gasteiger partial charge is 0.513 e. The topological polar surface area (TPSA) is 35.5 Å². The highest BCUT2D eigenvalue weighted by Gasteiger charge is 1.94. The molecule has 0 rings (SSSR count). The third-order valence-corrected chi connectivity index (χ3v) is 0.399. The number of hydrogen-bond acceptors (Lipinski definition) is 3. The first-order valence-electron chi connectivity index (χ1n) is 2.04. The van der Waals surface area contributed by atoms with Gasteiger partial charge in [-0.05, 0) is 6.92 Å². The highest BCUT2D eigenvalue weighted by atomic mass is 16.7. The summed E-state index contributed by atoms with van der Waals surface area (Å²) in [7, 11) is 0. The lowest BCUT2D eigenvalue weighted by atomic mass is 10.9. The van der Waals surface area contributed by atoms with Gasteiger partial charge in [-0.2, -0.15) is 0 Å². The minimum Gasteiger partial charge on any atom is -0.434 e. The molecule has 0 atom stereocenters. The lowest BCUT2D eigenvalue weighted by Gasteiger charge is -1.95. The minimum atomic E-state index is -0.769. The number of ether oxygens (including phenoxy) is 2. The SMILES string of the molecule is [CH2]COC(=O)OC=C. The van der Waals surface area contributed by atoms with Gasteiger partial charge in [0.05, 0.1) is 12.9 Å². The fraction of sp³-hybridized carbons (Fsp3) is 0.200. The van der Waals surface area contributed by atoms with E-state index in [2.05, 4.69) is 23.0 Å². The van der Waals surface area contributed by atoms with Crippen molar-refractivity contribution in [2.24, 2.45) is 0 Å². The minimum absolute atomic E-state index is 0.0761. The summed E-state index contributed by atoms with van der Waals surface area (Å²) in [5.74, 6) is 0. The molecule has 0 aromatic carbocycles. The quantitative estimate of drug-likeness (QED) is 0.399. The molecule has 45 valence electrons. The van der Waals surface area contributed by atoms with Crippen LogP contribution in [0.4, 0.5) is 4.79 Å². The van der Waals surface area contributed by atoms with Crippen LogP contribution >= 0.6 is 0 Å². The highest BCUT2D eigenvalue weighted by molar-refractivity contribution is 5.60. The molecule has 0 aliphatic heterocycles. The van der Waals surface area contributed by atoms with Crippen molar-refractivity contribution in [3.63, 3.8) is 0 Å².